The molecule has 2 aromatic rings. The molecule has 1 spiro atoms. The summed E-state index contributed by atoms with van der Waals surface area (Å²) in [6.45, 7) is -0.262. The summed E-state index contributed by atoms with van der Waals surface area (Å²) in [5, 5.41) is 10.5. The van der Waals surface area contributed by atoms with Crippen LogP contribution in [0.2, 0.25) is 0 Å². The van der Waals surface area contributed by atoms with E-state index in [1.807, 2.05) is 36.2 Å². The number of imide groups is 1. The van der Waals surface area contributed by atoms with Gasteiger partial charge in [0, 0.05) is 19.8 Å². The number of fused-ring (bicyclic) bond motifs is 2. The second-order valence-corrected chi connectivity index (χ2v) is 11.8. The maximum absolute atomic E-state index is 14.2. The summed E-state index contributed by atoms with van der Waals surface area (Å²) in [4.78, 5) is 34.9. The Morgan fingerprint density at radius 2 is 1.79 bits per heavy atom. The lowest BCUT2D eigenvalue weighted by molar-refractivity contribution is -0.138. The third kappa shape index (κ3) is 3.28. The lowest BCUT2D eigenvalue weighted by Crippen LogP contribution is -2.54. The molecular formula is C27H28N4O7S. The summed E-state index contributed by atoms with van der Waals surface area (Å²) in [6.07, 6.45) is 0.181. The maximum Gasteiger partial charge on any atom is 0.280 e. The summed E-state index contributed by atoms with van der Waals surface area (Å²) >= 11 is 0. The Morgan fingerprint density at radius 3 is 2.46 bits per heavy atom. The van der Waals surface area contributed by atoms with E-state index >= 15 is 0 Å². The number of carbonyl (C=O) groups excluding carboxylic acids is 2. The van der Waals surface area contributed by atoms with Crippen molar-refractivity contribution < 1.29 is 32.6 Å². The van der Waals surface area contributed by atoms with Crippen LogP contribution in [0.4, 0.5) is 5.69 Å². The average Bonchev–Trinajstić information content (AvgIpc) is 3.51. The summed E-state index contributed by atoms with van der Waals surface area (Å²) in [5.74, 6) is -0.428. The van der Waals surface area contributed by atoms with Crippen molar-refractivity contribution in [1.29, 1.82) is 0 Å². The summed E-state index contributed by atoms with van der Waals surface area (Å²) < 4.78 is 39.8. The normalized spacial score (nSPS) is 25.5. The van der Waals surface area contributed by atoms with Crippen LogP contribution in [0.25, 0.3) is 0 Å². The molecule has 0 aliphatic carbocycles. The number of methoxy groups -OCH3 is 2. The highest BCUT2D eigenvalue weighted by molar-refractivity contribution is 7.89. The molecule has 6 rings (SSSR count). The summed E-state index contributed by atoms with van der Waals surface area (Å²) in [5.41, 5.74) is 0.688. The van der Waals surface area contributed by atoms with Crippen molar-refractivity contribution in [3.05, 3.63) is 65.4 Å². The number of aliphatic hydroxyl groups excluding tert-OH is 1. The number of nitrogens with zero attached hydrogens (tertiary/aromatic N) is 4. The van der Waals surface area contributed by atoms with Gasteiger partial charge in [0.25, 0.3) is 21.8 Å². The molecule has 12 heteroatoms. The highest BCUT2D eigenvalue weighted by Crippen LogP contribution is 2.58. The minimum absolute atomic E-state index is 0.00647. The highest BCUT2D eigenvalue weighted by Gasteiger charge is 2.68. The standard InChI is InChI=1S/C27H28N4O7S/c1-29-20-7-5-4-6-19(20)27-14-16(15-32)31(39(35,36)18-10-8-17(38-3)9-11-18)26(27)28-22-21(23(27)29)24(33)30(25(22)34)12-13-37-2/h4-11,16,23,32H,12-15H2,1-3H3/t16-,23?,27-/m0/s1. The van der Waals surface area contributed by atoms with Gasteiger partial charge in [-0.1, -0.05) is 18.2 Å². The number of benzene rings is 2. The number of aliphatic hydroxyl groups is 1. The van der Waals surface area contributed by atoms with Crippen LogP contribution in [0.5, 0.6) is 5.75 Å². The largest absolute Gasteiger partial charge is 0.497 e. The molecule has 2 amide bonds. The molecule has 4 aliphatic rings. The van der Waals surface area contributed by atoms with Crippen molar-refractivity contribution in [2.75, 3.05) is 45.9 Å². The van der Waals surface area contributed by atoms with Crippen LogP contribution in [-0.4, -0.2) is 93.5 Å². The third-order valence-electron chi connectivity index (χ3n) is 8.13. The first-order valence-electron chi connectivity index (χ1n) is 12.5. The quantitative estimate of drug-likeness (QED) is 0.502. The number of rotatable bonds is 7. The highest BCUT2D eigenvalue weighted by atomic mass is 32.2. The fourth-order valence-corrected chi connectivity index (χ4v) is 8.15. The molecule has 2 aromatic carbocycles. The molecule has 11 nitrogen and oxygen atoms in total. The lowest BCUT2D eigenvalue weighted by Gasteiger charge is -2.38. The van der Waals surface area contributed by atoms with E-state index in [1.165, 1.54) is 26.4 Å². The van der Waals surface area contributed by atoms with E-state index in [1.54, 1.807) is 12.1 Å². The van der Waals surface area contributed by atoms with Gasteiger partial charge in [-0.05, 0) is 42.3 Å². The van der Waals surface area contributed by atoms with Gasteiger partial charge >= 0.3 is 0 Å². The number of para-hydroxylation sites is 1. The molecule has 1 saturated heterocycles. The van der Waals surface area contributed by atoms with Crippen molar-refractivity contribution in [2.24, 2.45) is 4.99 Å². The van der Waals surface area contributed by atoms with Gasteiger partial charge in [-0.3, -0.25) is 14.5 Å². The molecule has 39 heavy (non-hydrogen) atoms. The first-order valence-corrected chi connectivity index (χ1v) is 14.0. The predicted molar refractivity (Wildman–Crippen MR) is 141 cm³/mol. The van der Waals surface area contributed by atoms with Crippen molar-refractivity contribution in [3.63, 3.8) is 0 Å². The smallest absolute Gasteiger partial charge is 0.280 e. The number of amidine groups is 1. The van der Waals surface area contributed by atoms with Gasteiger partial charge in [-0.25, -0.2) is 17.7 Å². The molecular weight excluding hydrogens is 524 g/mol. The maximum atomic E-state index is 14.2. The zero-order valence-electron chi connectivity index (χ0n) is 21.7. The average molecular weight is 553 g/mol. The molecule has 1 unspecified atom stereocenters. The lowest BCUT2D eigenvalue weighted by atomic mass is 9.70. The summed E-state index contributed by atoms with van der Waals surface area (Å²) in [7, 11) is 0.569. The number of aliphatic imine (C=N–C) groups is 1. The van der Waals surface area contributed by atoms with Crippen LogP contribution in [0.1, 0.15) is 12.0 Å². The van der Waals surface area contributed by atoms with Gasteiger partial charge in [0.05, 0.1) is 54.8 Å². The van der Waals surface area contributed by atoms with Crippen LogP contribution < -0.4 is 9.64 Å². The molecule has 3 atom stereocenters. The van der Waals surface area contributed by atoms with Gasteiger partial charge in [0.1, 0.15) is 17.3 Å². The number of likely N-dealkylation sites (N-methyl/N-ethyl adjacent to an activating group) is 1. The van der Waals surface area contributed by atoms with E-state index in [-0.39, 0.29) is 41.6 Å². The number of hydrogen-bond donors (Lipinski definition) is 1. The van der Waals surface area contributed by atoms with E-state index in [4.69, 9.17) is 14.5 Å². The zero-order chi connectivity index (χ0) is 27.7. The number of carbonyl (C=O) groups is 2. The Morgan fingerprint density at radius 1 is 1.08 bits per heavy atom. The SMILES string of the molecule is COCCN1C(=O)C2=C(C1=O)C1N(C)c3ccccc3[C@@]13C[C@@H](CO)N(S(=O)(=O)c1ccc(OC)cc1)C3=N2. The predicted octanol–water partition coefficient (Wildman–Crippen LogP) is 0.888. The third-order valence-corrected chi connectivity index (χ3v) is 9.99. The number of hydrogen-bond acceptors (Lipinski definition) is 9. The number of sulfonamides is 1. The minimum atomic E-state index is -4.23. The molecule has 0 radical (unpaired) electrons. The van der Waals surface area contributed by atoms with Crippen LogP contribution in [-0.2, 0) is 29.8 Å². The Bertz CT molecular complexity index is 1550. The molecule has 4 heterocycles. The second-order valence-electron chi connectivity index (χ2n) is 9.97. The van der Waals surface area contributed by atoms with Crippen molar-refractivity contribution >= 4 is 33.4 Å². The topological polar surface area (TPSA) is 129 Å². The van der Waals surface area contributed by atoms with Crippen molar-refractivity contribution in [1.82, 2.24) is 9.21 Å². The van der Waals surface area contributed by atoms with E-state index in [0.29, 0.717) is 5.75 Å². The molecule has 0 aromatic heterocycles. The van der Waals surface area contributed by atoms with Crippen LogP contribution >= 0.6 is 0 Å². The zero-order valence-corrected chi connectivity index (χ0v) is 22.5. The monoisotopic (exact) mass is 552 g/mol. The van der Waals surface area contributed by atoms with E-state index in [0.717, 1.165) is 20.5 Å². The Labute approximate surface area is 226 Å². The van der Waals surface area contributed by atoms with Crippen molar-refractivity contribution in [3.8, 4) is 5.75 Å². The number of amides is 2. The van der Waals surface area contributed by atoms with Gasteiger partial charge in [0.2, 0.25) is 0 Å². The van der Waals surface area contributed by atoms with Gasteiger partial charge < -0.3 is 19.5 Å². The molecule has 204 valence electrons. The first kappa shape index (κ1) is 25.5. The van der Waals surface area contributed by atoms with Crippen LogP contribution in [0.15, 0.2) is 69.7 Å². The van der Waals surface area contributed by atoms with Crippen LogP contribution in [0, 0.1) is 0 Å². The molecule has 0 saturated carbocycles. The van der Waals surface area contributed by atoms with Crippen molar-refractivity contribution in [2.45, 2.75) is 28.8 Å². The Hall–Kier alpha value is -3.74. The molecule has 0 bridgehead atoms. The van der Waals surface area contributed by atoms with E-state index in [9.17, 15) is 23.1 Å². The first-order chi connectivity index (χ1) is 18.7. The fraction of sp³-hybridized carbons (Fsp3) is 0.370. The molecule has 4 aliphatic heterocycles. The Balaban J connectivity index is 1.58. The van der Waals surface area contributed by atoms with E-state index < -0.39 is 45.9 Å². The van der Waals surface area contributed by atoms with Gasteiger partial charge in [-0.15, -0.1) is 0 Å². The minimum Gasteiger partial charge on any atom is -0.497 e. The number of anilines is 1. The van der Waals surface area contributed by atoms with E-state index in [2.05, 4.69) is 0 Å². The number of ether oxygens (including phenoxy) is 2. The fourth-order valence-electron chi connectivity index (χ4n) is 6.48. The second kappa shape index (κ2) is 8.90. The van der Waals surface area contributed by atoms with Crippen LogP contribution in [0.3, 0.4) is 0 Å². The molecule has 1 N–H and O–H groups in total. The Kier molecular flexibility index (Phi) is 5.83. The molecule has 1 fully saturated rings. The van der Waals surface area contributed by atoms with Gasteiger partial charge in [-0.2, -0.15) is 0 Å². The van der Waals surface area contributed by atoms with Gasteiger partial charge in [0.15, 0.2) is 0 Å². The summed E-state index contributed by atoms with van der Waals surface area (Å²) in [6, 6.07) is 11.9.